The first kappa shape index (κ1) is 14.4. The van der Waals surface area contributed by atoms with Gasteiger partial charge in [-0.25, -0.2) is 4.98 Å². The number of nitrogen functional groups attached to an aromatic ring is 1. The van der Waals surface area contributed by atoms with Crippen molar-refractivity contribution in [3.63, 3.8) is 0 Å². The minimum Gasteiger partial charge on any atom is -0.497 e. The van der Waals surface area contributed by atoms with Crippen LogP contribution in [0.15, 0.2) is 24.4 Å². The summed E-state index contributed by atoms with van der Waals surface area (Å²) in [5, 5.41) is 0. The van der Waals surface area contributed by atoms with Gasteiger partial charge in [0.15, 0.2) is 0 Å². The van der Waals surface area contributed by atoms with E-state index >= 15 is 0 Å². The molecule has 2 rings (SSSR count). The Balaban J connectivity index is 2.23. The first-order valence-corrected chi connectivity index (χ1v) is 7.13. The predicted molar refractivity (Wildman–Crippen MR) is 82.9 cm³/mol. The minimum atomic E-state index is 0.589. The van der Waals surface area contributed by atoms with E-state index in [2.05, 4.69) is 18.8 Å². The average molecular weight is 273 g/mol. The van der Waals surface area contributed by atoms with Gasteiger partial charge in [-0.3, -0.25) is 0 Å². The third-order valence-corrected chi connectivity index (χ3v) is 3.52. The maximum absolute atomic E-state index is 5.99. The number of imidazole rings is 1. The normalized spacial score (nSPS) is 10.8. The van der Waals surface area contributed by atoms with Crippen molar-refractivity contribution in [1.82, 2.24) is 9.55 Å². The van der Waals surface area contributed by atoms with Gasteiger partial charge in [-0.1, -0.05) is 19.8 Å². The summed E-state index contributed by atoms with van der Waals surface area (Å²) in [5.41, 5.74) is 9.17. The summed E-state index contributed by atoms with van der Waals surface area (Å²) in [6.45, 7) is 5.19. The van der Waals surface area contributed by atoms with Crippen LogP contribution in [0.4, 0.5) is 5.95 Å². The summed E-state index contributed by atoms with van der Waals surface area (Å²) >= 11 is 0. The van der Waals surface area contributed by atoms with Crippen molar-refractivity contribution >= 4 is 5.95 Å². The highest BCUT2D eigenvalue weighted by Crippen LogP contribution is 2.27. The molecule has 0 saturated carbocycles. The number of nitrogens with two attached hydrogens (primary N) is 1. The number of unbranched alkanes of at least 4 members (excludes halogenated alkanes) is 2. The largest absolute Gasteiger partial charge is 0.497 e. The summed E-state index contributed by atoms with van der Waals surface area (Å²) in [6, 6.07) is 6.00. The van der Waals surface area contributed by atoms with Gasteiger partial charge in [-0.2, -0.15) is 0 Å². The number of methoxy groups -OCH3 is 1. The van der Waals surface area contributed by atoms with Gasteiger partial charge in [0.05, 0.1) is 12.8 Å². The van der Waals surface area contributed by atoms with Crippen molar-refractivity contribution in [3.05, 3.63) is 30.0 Å². The highest BCUT2D eigenvalue weighted by Gasteiger charge is 2.09. The molecule has 0 fully saturated rings. The lowest BCUT2D eigenvalue weighted by atomic mass is 10.1. The number of ether oxygens (including phenoxy) is 1. The molecule has 1 aromatic carbocycles. The molecule has 0 spiro atoms. The first-order chi connectivity index (χ1) is 9.65. The maximum atomic E-state index is 5.99. The number of aryl methyl sites for hydroxylation is 2. The summed E-state index contributed by atoms with van der Waals surface area (Å²) in [5.74, 6) is 1.45. The van der Waals surface area contributed by atoms with Crippen molar-refractivity contribution in [1.29, 1.82) is 0 Å². The molecule has 2 N–H and O–H groups in total. The monoisotopic (exact) mass is 273 g/mol. The molecule has 0 radical (unpaired) electrons. The van der Waals surface area contributed by atoms with Gasteiger partial charge in [0, 0.05) is 18.3 Å². The molecule has 0 atom stereocenters. The Hall–Kier alpha value is -1.97. The van der Waals surface area contributed by atoms with Crippen LogP contribution in [0.3, 0.4) is 0 Å². The van der Waals surface area contributed by atoms with Crippen LogP contribution >= 0.6 is 0 Å². The number of nitrogens with zero attached hydrogens (tertiary/aromatic N) is 2. The SMILES string of the molecule is CCCCCn1cc(-c2ccc(OC)cc2C)nc1N. The predicted octanol–water partition coefficient (Wildman–Crippen LogP) is 3.64. The van der Waals surface area contributed by atoms with Gasteiger partial charge in [0.2, 0.25) is 5.95 Å². The molecule has 1 aromatic heterocycles. The van der Waals surface area contributed by atoms with Gasteiger partial charge >= 0.3 is 0 Å². The molecule has 0 aliphatic rings. The summed E-state index contributed by atoms with van der Waals surface area (Å²) < 4.78 is 7.27. The van der Waals surface area contributed by atoms with Crippen LogP contribution in [0.2, 0.25) is 0 Å². The van der Waals surface area contributed by atoms with E-state index in [0.717, 1.165) is 35.5 Å². The average Bonchev–Trinajstić information content (AvgIpc) is 2.80. The second kappa shape index (κ2) is 6.46. The Morgan fingerprint density at radius 3 is 2.75 bits per heavy atom. The molecule has 1 heterocycles. The van der Waals surface area contributed by atoms with Crippen LogP contribution in [0.25, 0.3) is 11.3 Å². The maximum Gasteiger partial charge on any atom is 0.200 e. The molecule has 0 aliphatic carbocycles. The Bertz CT molecular complexity index is 575. The summed E-state index contributed by atoms with van der Waals surface area (Å²) in [4.78, 5) is 4.48. The summed E-state index contributed by atoms with van der Waals surface area (Å²) in [6.07, 6.45) is 5.60. The zero-order chi connectivity index (χ0) is 14.5. The Morgan fingerprint density at radius 2 is 2.10 bits per heavy atom. The van der Waals surface area contributed by atoms with E-state index in [1.165, 1.54) is 12.8 Å². The topological polar surface area (TPSA) is 53.1 Å². The molecule has 0 amide bonds. The second-order valence-electron chi connectivity index (χ2n) is 5.07. The van der Waals surface area contributed by atoms with Gasteiger partial charge in [0.1, 0.15) is 5.75 Å². The standard InChI is InChI=1S/C16H23N3O/c1-4-5-6-9-19-11-15(18-16(19)17)14-8-7-13(20-3)10-12(14)2/h7-8,10-11H,4-6,9H2,1-3H3,(H2,17,18). The van der Waals surface area contributed by atoms with Crippen molar-refractivity contribution in [3.8, 4) is 17.0 Å². The molecule has 108 valence electrons. The Morgan fingerprint density at radius 1 is 1.30 bits per heavy atom. The number of anilines is 1. The molecule has 0 saturated heterocycles. The molecular weight excluding hydrogens is 250 g/mol. The van der Waals surface area contributed by atoms with E-state index in [-0.39, 0.29) is 0 Å². The highest BCUT2D eigenvalue weighted by molar-refractivity contribution is 5.65. The number of aromatic nitrogens is 2. The van der Waals surface area contributed by atoms with Crippen molar-refractivity contribution in [2.75, 3.05) is 12.8 Å². The smallest absolute Gasteiger partial charge is 0.200 e. The zero-order valence-corrected chi connectivity index (χ0v) is 12.5. The van der Waals surface area contributed by atoms with Crippen LogP contribution in [0.5, 0.6) is 5.75 Å². The van der Waals surface area contributed by atoms with E-state index < -0.39 is 0 Å². The van der Waals surface area contributed by atoms with E-state index in [4.69, 9.17) is 10.5 Å². The van der Waals surface area contributed by atoms with Crippen LogP contribution in [-0.2, 0) is 6.54 Å². The van der Waals surface area contributed by atoms with Crippen LogP contribution < -0.4 is 10.5 Å². The summed E-state index contributed by atoms with van der Waals surface area (Å²) in [7, 11) is 1.68. The molecule has 4 heteroatoms. The quantitative estimate of drug-likeness (QED) is 0.817. The van der Waals surface area contributed by atoms with E-state index in [0.29, 0.717) is 5.95 Å². The van der Waals surface area contributed by atoms with Crippen LogP contribution in [-0.4, -0.2) is 16.7 Å². The Labute approximate surface area is 120 Å². The van der Waals surface area contributed by atoms with Gasteiger partial charge < -0.3 is 15.0 Å². The van der Waals surface area contributed by atoms with Crippen LogP contribution in [0.1, 0.15) is 31.7 Å². The molecule has 0 unspecified atom stereocenters. The molecule has 4 nitrogen and oxygen atoms in total. The third kappa shape index (κ3) is 3.13. The third-order valence-electron chi connectivity index (χ3n) is 3.52. The Kier molecular flexibility index (Phi) is 4.66. The molecule has 0 bridgehead atoms. The first-order valence-electron chi connectivity index (χ1n) is 7.13. The van der Waals surface area contributed by atoms with E-state index in [1.54, 1.807) is 7.11 Å². The van der Waals surface area contributed by atoms with Crippen molar-refractivity contribution in [2.45, 2.75) is 39.7 Å². The number of rotatable bonds is 6. The fraction of sp³-hybridized carbons (Fsp3) is 0.438. The van der Waals surface area contributed by atoms with Gasteiger partial charge in [-0.15, -0.1) is 0 Å². The van der Waals surface area contributed by atoms with Crippen LogP contribution in [0, 0.1) is 6.92 Å². The van der Waals surface area contributed by atoms with Gasteiger partial charge in [-0.05, 0) is 37.1 Å². The minimum absolute atomic E-state index is 0.589. The molecule has 0 aliphatic heterocycles. The number of hydrogen-bond donors (Lipinski definition) is 1. The zero-order valence-electron chi connectivity index (χ0n) is 12.5. The lowest BCUT2D eigenvalue weighted by molar-refractivity contribution is 0.414. The number of benzene rings is 1. The lowest BCUT2D eigenvalue weighted by Crippen LogP contribution is -2.02. The fourth-order valence-electron chi connectivity index (χ4n) is 2.32. The lowest BCUT2D eigenvalue weighted by Gasteiger charge is -2.05. The van der Waals surface area contributed by atoms with Gasteiger partial charge in [0.25, 0.3) is 0 Å². The molecule has 2 aromatic rings. The second-order valence-corrected chi connectivity index (χ2v) is 5.07. The number of hydrogen-bond acceptors (Lipinski definition) is 3. The molecular formula is C16H23N3O. The van der Waals surface area contributed by atoms with E-state index in [9.17, 15) is 0 Å². The van der Waals surface area contributed by atoms with E-state index in [1.807, 2.05) is 29.0 Å². The highest BCUT2D eigenvalue weighted by atomic mass is 16.5. The molecule has 20 heavy (non-hydrogen) atoms. The fourth-order valence-corrected chi connectivity index (χ4v) is 2.32. The van der Waals surface area contributed by atoms with Crippen molar-refractivity contribution in [2.24, 2.45) is 0 Å². The van der Waals surface area contributed by atoms with Crippen molar-refractivity contribution < 1.29 is 4.74 Å².